The van der Waals surface area contributed by atoms with Gasteiger partial charge < -0.3 is 5.32 Å². The standard InChI is InChI=1S/C10H11N3S3/c1-2-14-3-7(11-1)8-5-16-10(13-8)9-4-15-6-12-9/h4-7,11H,1-3H2. The molecule has 0 aliphatic carbocycles. The number of aromatic nitrogens is 2. The Morgan fingerprint density at radius 2 is 2.38 bits per heavy atom. The zero-order valence-electron chi connectivity index (χ0n) is 8.55. The summed E-state index contributed by atoms with van der Waals surface area (Å²) in [6, 6.07) is 0.419. The largest absolute Gasteiger partial charge is 0.307 e. The number of rotatable bonds is 2. The summed E-state index contributed by atoms with van der Waals surface area (Å²) in [4.78, 5) is 8.95. The highest BCUT2D eigenvalue weighted by atomic mass is 32.2. The van der Waals surface area contributed by atoms with Gasteiger partial charge in [-0.15, -0.1) is 22.7 Å². The smallest absolute Gasteiger partial charge is 0.143 e. The van der Waals surface area contributed by atoms with E-state index < -0.39 is 0 Å². The van der Waals surface area contributed by atoms with Gasteiger partial charge in [-0.2, -0.15) is 11.8 Å². The molecule has 1 fully saturated rings. The van der Waals surface area contributed by atoms with Crippen molar-refractivity contribution in [3.05, 3.63) is 22.0 Å². The summed E-state index contributed by atoms with van der Waals surface area (Å²) in [6.45, 7) is 1.08. The SMILES string of the molecule is c1nc(-c2nc(C3CSCCN3)cs2)cs1. The summed E-state index contributed by atoms with van der Waals surface area (Å²) in [5.74, 6) is 2.33. The topological polar surface area (TPSA) is 37.8 Å². The molecule has 1 aliphatic rings. The molecular weight excluding hydrogens is 258 g/mol. The first-order valence-corrected chi connectivity index (χ1v) is 8.06. The van der Waals surface area contributed by atoms with E-state index in [0.717, 1.165) is 23.0 Å². The van der Waals surface area contributed by atoms with Crippen LogP contribution < -0.4 is 5.32 Å². The first-order valence-electron chi connectivity index (χ1n) is 5.08. The molecule has 0 saturated carbocycles. The molecule has 2 aromatic rings. The van der Waals surface area contributed by atoms with Crippen LogP contribution in [0.4, 0.5) is 0 Å². The van der Waals surface area contributed by atoms with Crippen molar-refractivity contribution in [3.8, 4) is 10.7 Å². The first kappa shape index (κ1) is 10.7. The van der Waals surface area contributed by atoms with Gasteiger partial charge in [0.15, 0.2) is 0 Å². The molecule has 84 valence electrons. The van der Waals surface area contributed by atoms with E-state index in [4.69, 9.17) is 0 Å². The van der Waals surface area contributed by atoms with Crippen molar-refractivity contribution in [2.45, 2.75) is 6.04 Å². The van der Waals surface area contributed by atoms with Crippen molar-refractivity contribution in [2.75, 3.05) is 18.1 Å². The minimum Gasteiger partial charge on any atom is -0.307 e. The summed E-state index contributed by atoms with van der Waals surface area (Å²) in [5.41, 5.74) is 4.02. The highest BCUT2D eigenvalue weighted by Crippen LogP contribution is 2.28. The molecule has 0 spiro atoms. The molecule has 1 unspecified atom stereocenters. The maximum Gasteiger partial charge on any atom is 0.143 e. The lowest BCUT2D eigenvalue weighted by atomic mass is 10.2. The Labute approximate surface area is 106 Å². The maximum absolute atomic E-state index is 4.66. The highest BCUT2D eigenvalue weighted by Gasteiger charge is 2.18. The lowest BCUT2D eigenvalue weighted by Gasteiger charge is -2.21. The van der Waals surface area contributed by atoms with Crippen LogP contribution in [-0.2, 0) is 0 Å². The number of nitrogens with one attached hydrogen (secondary N) is 1. The third-order valence-corrected chi connectivity index (χ3v) is 4.98. The van der Waals surface area contributed by atoms with E-state index >= 15 is 0 Å². The molecule has 3 nitrogen and oxygen atoms in total. The number of hydrogen-bond acceptors (Lipinski definition) is 6. The van der Waals surface area contributed by atoms with E-state index in [1.165, 1.54) is 11.4 Å². The quantitative estimate of drug-likeness (QED) is 0.909. The van der Waals surface area contributed by atoms with Crippen LogP contribution in [-0.4, -0.2) is 28.0 Å². The zero-order valence-corrected chi connectivity index (χ0v) is 11.0. The van der Waals surface area contributed by atoms with E-state index in [-0.39, 0.29) is 0 Å². The van der Waals surface area contributed by atoms with Crippen LogP contribution in [0, 0.1) is 0 Å². The van der Waals surface area contributed by atoms with E-state index in [1.807, 2.05) is 22.7 Å². The summed E-state index contributed by atoms with van der Waals surface area (Å²) in [6.07, 6.45) is 0. The van der Waals surface area contributed by atoms with Gasteiger partial charge in [-0.25, -0.2) is 9.97 Å². The van der Waals surface area contributed by atoms with Crippen LogP contribution >= 0.6 is 34.4 Å². The van der Waals surface area contributed by atoms with Crippen LogP contribution in [0.1, 0.15) is 11.7 Å². The molecule has 1 atom stereocenters. The third-order valence-electron chi connectivity index (χ3n) is 2.45. The molecule has 3 heterocycles. The van der Waals surface area contributed by atoms with Crippen molar-refractivity contribution in [3.63, 3.8) is 0 Å². The summed E-state index contributed by atoms with van der Waals surface area (Å²) >= 11 is 5.29. The van der Waals surface area contributed by atoms with Crippen molar-refractivity contribution in [2.24, 2.45) is 0 Å². The van der Waals surface area contributed by atoms with Gasteiger partial charge >= 0.3 is 0 Å². The molecule has 6 heteroatoms. The lowest BCUT2D eigenvalue weighted by Crippen LogP contribution is -2.30. The fourth-order valence-electron chi connectivity index (χ4n) is 1.64. The Kier molecular flexibility index (Phi) is 3.23. The molecule has 0 amide bonds. The van der Waals surface area contributed by atoms with E-state index in [9.17, 15) is 0 Å². The number of hydrogen-bond donors (Lipinski definition) is 1. The Morgan fingerprint density at radius 3 is 3.12 bits per heavy atom. The Hall–Kier alpha value is -0.430. The van der Waals surface area contributed by atoms with E-state index in [0.29, 0.717) is 6.04 Å². The van der Waals surface area contributed by atoms with Gasteiger partial charge in [0.25, 0.3) is 0 Å². The summed E-state index contributed by atoms with van der Waals surface area (Å²) < 4.78 is 0. The zero-order chi connectivity index (χ0) is 10.8. The van der Waals surface area contributed by atoms with Crippen LogP contribution in [0.25, 0.3) is 10.7 Å². The predicted molar refractivity (Wildman–Crippen MR) is 71.3 cm³/mol. The van der Waals surface area contributed by atoms with Gasteiger partial charge in [0.1, 0.15) is 10.7 Å². The number of nitrogens with zero attached hydrogens (tertiary/aromatic N) is 2. The van der Waals surface area contributed by atoms with Crippen molar-refractivity contribution < 1.29 is 0 Å². The van der Waals surface area contributed by atoms with Crippen LogP contribution in [0.15, 0.2) is 16.3 Å². The molecule has 1 aliphatic heterocycles. The second kappa shape index (κ2) is 4.83. The number of thiazole rings is 2. The minimum absolute atomic E-state index is 0.419. The average molecular weight is 269 g/mol. The van der Waals surface area contributed by atoms with Crippen molar-refractivity contribution in [1.82, 2.24) is 15.3 Å². The lowest BCUT2D eigenvalue weighted by molar-refractivity contribution is 0.584. The molecular formula is C10H11N3S3. The van der Waals surface area contributed by atoms with Gasteiger partial charge in [-0.3, -0.25) is 0 Å². The predicted octanol–water partition coefficient (Wildman–Crippen LogP) is 2.64. The Balaban J connectivity index is 1.82. The highest BCUT2D eigenvalue weighted by molar-refractivity contribution is 7.99. The maximum atomic E-state index is 4.66. The van der Waals surface area contributed by atoms with Crippen LogP contribution in [0.5, 0.6) is 0 Å². The first-order chi connectivity index (χ1) is 7.93. The van der Waals surface area contributed by atoms with Gasteiger partial charge in [-0.05, 0) is 0 Å². The summed E-state index contributed by atoms with van der Waals surface area (Å²) in [5, 5.41) is 8.73. The fraction of sp³-hybridized carbons (Fsp3) is 0.400. The molecule has 3 rings (SSSR count). The van der Waals surface area contributed by atoms with Gasteiger partial charge in [-0.1, -0.05) is 0 Å². The third kappa shape index (κ3) is 2.15. The monoisotopic (exact) mass is 269 g/mol. The Bertz CT molecular complexity index is 446. The van der Waals surface area contributed by atoms with Gasteiger partial charge in [0.05, 0.1) is 17.2 Å². The average Bonchev–Trinajstić information content (AvgIpc) is 3.01. The van der Waals surface area contributed by atoms with E-state index in [2.05, 4.69) is 20.7 Å². The molecule has 0 bridgehead atoms. The molecule has 0 aromatic carbocycles. The van der Waals surface area contributed by atoms with Crippen LogP contribution in [0.3, 0.4) is 0 Å². The second-order valence-electron chi connectivity index (χ2n) is 3.53. The normalized spacial score (nSPS) is 21.1. The van der Waals surface area contributed by atoms with Crippen LogP contribution in [0.2, 0.25) is 0 Å². The number of thioether (sulfide) groups is 1. The fourth-order valence-corrected chi connectivity index (χ4v) is 4.04. The molecule has 0 radical (unpaired) electrons. The molecule has 2 aromatic heterocycles. The second-order valence-corrected chi connectivity index (χ2v) is 6.26. The Morgan fingerprint density at radius 1 is 1.38 bits per heavy atom. The molecule has 16 heavy (non-hydrogen) atoms. The molecule has 1 saturated heterocycles. The van der Waals surface area contributed by atoms with Crippen molar-refractivity contribution in [1.29, 1.82) is 0 Å². The minimum atomic E-state index is 0.419. The van der Waals surface area contributed by atoms with E-state index in [1.54, 1.807) is 22.7 Å². The van der Waals surface area contributed by atoms with Gasteiger partial charge in [0, 0.05) is 28.8 Å². The van der Waals surface area contributed by atoms with Gasteiger partial charge in [0.2, 0.25) is 0 Å². The summed E-state index contributed by atoms with van der Waals surface area (Å²) in [7, 11) is 0. The molecule has 1 N–H and O–H groups in total. The van der Waals surface area contributed by atoms with Crippen molar-refractivity contribution >= 4 is 34.4 Å².